The van der Waals surface area contributed by atoms with Crippen LogP contribution in [0.2, 0.25) is 0 Å². The van der Waals surface area contributed by atoms with Crippen molar-refractivity contribution in [2.45, 2.75) is 11.3 Å². The molecule has 7 heteroatoms. The summed E-state index contributed by atoms with van der Waals surface area (Å²) < 4.78 is 40.7. The lowest BCUT2D eigenvalue weighted by atomic mass is 10.1. The van der Waals surface area contributed by atoms with Crippen molar-refractivity contribution in [3.05, 3.63) is 28.5 Å². The molecule has 0 aliphatic carbocycles. The van der Waals surface area contributed by atoms with Gasteiger partial charge in [0, 0.05) is 17.6 Å². The molecule has 1 aromatic rings. The summed E-state index contributed by atoms with van der Waals surface area (Å²) in [6.07, 6.45) is 0.960. The van der Waals surface area contributed by atoms with Crippen molar-refractivity contribution >= 4 is 26.0 Å². The predicted molar refractivity (Wildman–Crippen MR) is 74.9 cm³/mol. The van der Waals surface area contributed by atoms with E-state index in [2.05, 4.69) is 25.6 Å². The summed E-state index contributed by atoms with van der Waals surface area (Å²) in [6.45, 7) is 2.19. The summed E-state index contributed by atoms with van der Waals surface area (Å²) in [5, 5.41) is 0. The summed E-state index contributed by atoms with van der Waals surface area (Å²) >= 11 is 3.10. The molecule has 1 saturated heterocycles. The van der Waals surface area contributed by atoms with Crippen LogP contribution in [0.4, 0.5) is 4.39 Å². The van der Waals surface area contributed by atoms with Crippen LogP contribution in [0, 0.1) is 11.7 Å². The average Bonchev–Trinajstić information content (AvgIpc) is 2.72. The Morgan fingerprint density at radius 1 is 1.53 bits per heavy atom. The molecule has 106 valence electrons. The van der Waals surface area contributed by atoms with Crippen molar-refractivity contribution in [2.75, 3.05) is 26.7 Å². The second kappa shape index (κ2) is 5.87. The van der Waals surface area contributed by atoms with Crippen LogP contribution in [0.5, 0.6) is 0 Å². The van der Waals surface area contributed by atoms with Crippen molar-refractivity contribution in [1.82, 2.24) is 9.62 Å². The molecular formula is C12H16BrFN2O2S. The minimum Gasteiger partial charge on any atom is -0.306 e. The second-order valence-electron chi connectivity index (χ2n) is 4.84. The summed E-state index contributed by atoms with van der Waals surface area (Å²) in [6, 6.07) is 3.93. The first-order chi connectivity index (χ1) is 8.88. The van der Waals surface area contributed by atoms with Gasteiger partial charge in [0.15, 0.2) is 0 Å². The van der Waals surface area contributed by atoms with Gasteiger partial charge in [0.1, 0.15) is 10.7 Å². The van der Waals surface area contributed by atoms with Gasteiger partial charge in [0.05, 0.1) is 0 Å². The van der Waals surface area contributed by atoms with Gasteiger partial charge in [-0.1, -0.05) is 15.9 Å². The van der Waals surface area contributed by atoms with E-state index in [-0.39, 0.29) is 4.90 Å². The molecule has 0 amide bonds. The monoisotopic (exact) mass is 350 g/mol. The normalized spacial score (nSPS) is 20.9. The zero-order chi connectivity index (χ0) is 14.0. The van der Waals surface area contributed by atoms with Crippen LogP contribution in [0.25, 0.3) is 0 Å². The molecule has 4 nitrogen and oxygen atoms in total. The second-order valence-corrected chi connectivity index (χ2v) is 7.49. The number of halogens is 2. The highest BCUT2D eigenvalue weighted by molar-refractivity contribution is 9.10. The van der Waals surface area contributed by atoms with E-state index in [1.165, 1.54) is 12.1 Å². The Balaban J connectivity index is 2.06. The Bertz CT molecular complexity index is 565. The summed E-state index contributed by atoms with van der Waals surface area (Å²) in [4.78, 5) is 1.85. The molecule has 1 N–H and O–H groups in total. The fourth-order valence-electron chi connectivity index (χ4n) is 2.19. The highest BCUT2D eigenvalue weighted by Gasteiger charge is 2.24. The van der Waals surface area contributed by atoms with Crippen molar-refractivity contribution < 1.29 is 12.8 Å². The minimum atomic E-state index is -3.78. The Morgan fingerprint density at radius 2 is 2.26 bits per heavy atom. The molecule has 2 rings (SSSR count). The molecule has 0 spiro atoms. The molecule has 1 fully saturated rings. The van der Waals surface area contributed by atoms with Gasteiger partial charge in [0.25, 0.3) is 0 Å². The number of rotatable bonds is 4. The molecular weight excluding hydrogens is 335 g/mol. The van der Waals surface area contributed by atoms with E-state index in [0.29, 0.717) is 16.9 Å². The number of benzene rings is 1. The Hall–Kier alpha value is -0.500. The fraction of sp³-hybridized carbons (Fsp3) is 0.500. The van der Waals surface area contributed by atoms with E-state index in [1.54, 1.807) is 0 Å². The van der Waals surface area contributed by atoms with E-state index in [9.17, 15) is 12.8 Å². The Labute approximate surface area is 121 Å². The van der Waals surface area contributed by atoms with Gasteiger partial charge in [-0.15, -0.1) is 0 Å². The Morgan fingerprint density at radius 3 is 2.84 bits per heavy atom. The van der Waals surface area contributed by atoms with E-state index < -0.39 is 15.8 Å². The smallest absolute Gasteiger partial charge is 0.243 e. The number of hydrogen-bond acceptors (Lipinski definition) is 3. The molecule has 1 aliphatic heterocycles. The van der Waals surface area contributed by atoms with Gasteiger partial charge in [-0.3, -0.25) is 0 Å². The highest BCUT2D eigenvalue weighted by Crippen LogP contribution is 2.20. The van der Waals surface area contributed by atoms with E-state index in [4.69, 9.17) is 0 Å². The Kier molecular flexibility index (Phi) is 4.60. The summed E-state index contributed by atoms with van der Waals surface area (Å²) in [7, 11) is -1.77. The van der Waals surface area contributed by atoms with Crippen LogP contribution in [-0.2, 0) is 10.0 Å². The lowest BCUT2D eigenvalue weighted by Gasteiger charge is -2.12. The molecule has 0 bridgehead atoms. The third kappa shape index (κ3) is 3.75. The van der Waals surface area contributed by atoms with Gasteiger partial charge >= 0.3 is 0 Å². The standard InChI is InChI=1S/C12H16BrFN2O2S/c1-16-5-4-9(8-16)7-15-19(17,18)12-3-2-10(13)6-11(12)14/h2-3,6,9,15H,4-5,7-8H2,1H3. The van der Waals surface area contributed by atoms with Crippen molar-refractivity contribution in [1.29, 1.82) is 0 Å². The fourth-order valence-corrected chi connectivity index (χ4v) is 3.70. The molecule has 19 heavy (non-hydrogen) atoms. The molecule has 1 atom stereocenters. The van der Waals surface area contributed by atoms with Crippen LogP contribution >= 0.6 is 15.9 Å². The number of hydrogen-bond donors (Lipinski definition) is 1. The van der Waals surface area contributed by atoms with Gasteiger partial charge < -0.3 is 4.90 Å². The molecule has 0 saturated carbocycles. The number of nitrogens with one attached hydrogen (secondary N) is 1. The molecule has 1 unspecified atom stereocenters. The first-order valence-corrected chi connectivity index (χ1v) is 8.29. The van der Waals surface area contributed by atoms with E-state index in [1.807, 2.05) is 7.05 Å². The predicted octanol–water partition coefficient (Wildman–Crippen LogP) is 1.82. The van der Waals surface area contributed by atoms with Crippen molar-refractivity contribution in [3.63, 3.8) is 0 Å². The largest absolute Gasteiger partial charge is 0.306 e. The van der Waals surface area contributed by atoms with Crippen LogP contribution in [0.1, 0.15) is 6.42 Å². The molecule has 1 aliphatic rings. The molecule has 1 aromatic carbocycles. The van der Waals surface area contributed by atoms with Gasteiger partial charge in [-0.2, -0.15) is 0 Å². The van der Waals surface area contributed by atoms with Gasteiger partial charge in [-0.25, -0.2) is 17.5 Å². The van der Waals surface area contributed by atoms with Crippen LogP contribution in [-0.4, -0.2) is 40.0 Å². The van der Waals surface area contributed by atoms with Crippen LogP contribution in [0.15, 0.2) is 27.6 Å². The van der Waals surface area contributed by atoms with Crippen LogP contribution < -0.4 is 4.72 Å². The maximum absolute atomic E-state index is 13.7. The van der Waals surface area contributed by atoms with E-state index in [0.717, 1.165) is 25.6 Å². The van der Waals surface area contributed by atoms with Crippen LogP contribution in [0.3, 0.4) is 0 Å². The SMILES string of the molecule is CN1CCC(CNS(=O)(=O)c2ccc(Br)cc2F)C1. The lowest BCUT2D eigenvalue weighted by molar-refractivity contribution is 0.394. The van der Waals surface area contributed by atoms with E-state index >= 15 is 0 Å². The van der Waals surface area contributed by atoms with Crippen molar-refractivity contribution in [2.24, 2.45) is 5.92 Å². The number of nitrogens with zero attached hydrogens (tertiary/aromatic N) is 1. The quantitative estimate of drug-likeness (QED) is 0.900. The zero-order valence-corrected chi connectivity index (χ0v) is 13.0. The first kappa shape index (κ1) is 14.9. The lowest BCUT2D eigenvalue weighted by Crippen LogP contribution is -2.31. The van der Waals surface area contributed by atoms with Gasteiger partial charge in [0.2, 0.25) is 10.0 Å². The molecule has 1 heterocycles. The molecule has 0 radical (unpaired) electrons. The zero-order valence-electron chi connectivity index (χ0n) is 10.6. The third-order valence-electron chi connectivity index (χ3n) is 3.23. The maximum Gasteiger partial charge on any atom is 0.243 e. The topological polar surface area (TPSA) is 49.4 Å². The van der Waals surface area contributed by atoms with Crippen molar-refractivity contribution in [3.8, 4) is 0 Å². The first-order valence-electron chi connectivity index (χ1n) is 6.02. The molecule has 0 aromatic heterocycles. The third-order valence-corrected chi connectivity index (χ3v) is 5.18. The highest BCUT2D eigenvalue weighted by atomic mass is 79.9. The average molecular weight is 351 g/mol. The number of sulfonamides is 1. The number of likely N-dealkylation sites (tertiary alicyclic amines) is 1. The maximum atomic E-state index is 13.7. The summed E-state index contributed by atoms with van der Waals surface area (Å²) in [5.41, 5.74) is 0. The summed E-state index contributed by atoms with van der Waals surface area (Å²) in [5.74, 6) is -0.455. The van der Waals surface area contributed by atoms with Gasteiger partial charge in [-0.05, 0) is 44.1 Å². The minimum absolute atomic E-state index is 0.290.